The maximum absolute atomic E-state index is 11.7. The number of halogens is 1. The molecule has 21 heavy (non-hydrogen) atoms. The Balaban J connectivity index is 1.80. The summed E-state index contributed by atoms with van der Waals surface area (Å²) in [4.78, 5) is 15.6. The van der Waals surface area contributed by atoms with E-state index in [0.29, 0.717) is 18.7 Å². The van der Waals surface area contributed by atoms with Gasteiger partial charge in [0, 0.05) is 12.7 Å². The van der Waals surface area contributed by atoms with Gasteiger partial charge in [0.15, 0.2) is 5.15 Å². The van der Waals surface area contributed by atoms with Gasteiger partial charge in [-0.3, -0.25) is 0 Å². The predicted molar refractivity (Wildman–Crippen MR) is 83.0 cm³/mol. The van der Waals surface area contributed by atoms with Crippen molar-refractivity contribution in [1.29, 1.82) is 0 Å². The summed E-state index contributed by atoms with van der Waals surface area (Å²) in [6, 6.07) is 10.8. The van der Waals surface area contributed by atoms with Gasteiger partial charge in [0.2, 0.25) is 0 Å². The average molecular weight is 306 g/mol. The molecule has 0 radical (unpaired) electrons. The lowest BCUT2D eigenvalue weighted by atomic mass is 10.1. The van der Waals surface area contributed by atoms with E-state index in [0.717, 1.165) is 11.3 Å². The van der Waals surface area contributed by atoms with Crippen molar-refractivity contribution in [2.24, 2.45) is 0 Å². The van der Waals surface area contributed by atoms with Crippen LogP contribution in [0, 0.1) is 0 Å². The van der Waals surface area contributed by atoms with Crippen molar-refractivity contribution in [3.05, 3.63) is 53.3 Å². The van der Waals surface area contributed by atoms with Crippen LogP contribution in [0.4, 0.5) is 10.5 Å². The van der Waals surface area contributed by atoms with E-state index in [2.05, 4.69) is 15.6 Å². The highest BCUT2D eigenvalue weighted by molar-refractivity contribution is 6.32. The number of methoxy groups -OCH3 is 1. The zero-order valence-electron chi connectivity index (χ0n) is 11.6. The van der Waals surface area contributed by atoms with E-state index in [-0.39, 0.29) is 11.2 Å². The van der Waals surface area contributed by atoms with Crippen LogP contribution in [0.2, 0.25) is 5.15 Å². The Morgan fingerprint density at radius 2 is 2.19 bits per heavy atom. The standard InChI is InChI=1S/C15H16ClN3O2/c1-21-12-5-2-4-11(10-12)7-9-18-15(20)19-13-6-3-8-17-14(13)16/h2-6,8,10H,7,9H2,1H3,(H2,18,19,20). The second-order valence-electron chi connectivity index (χ2n) is 4.32. The predicted octanol–water partition coefficient (Wildman–Crippen LogP) is 3.11. The van der Waals surface area contributed by atoms with E-state index in [4.69, 9.17) is 16.3 Å². The second-order valence-corrected chi connectivity index (χ2v) is 4.68. The molecule has 0 aliphatic heterocycles. The zero-order chi connectivity index (χ0) is 15.1. The summed E-state index contributed by atoms with van der Waals surface area (Å²) >= 11 is 5.86. The third-order valence-corrected chi connectivity index (χ3v) is 3.14. The molecule has 0 atom stereocenters. The van der Waals surface area contributed by atoms with Gasteiger partial charge < -0.3 is 15.4 Å². The molecule has 6 heteroatoms. The van der Waals surface area contributed by atoms with Gasteiger partial charge in [0.05, 0.1) is 12.8 Å². The molecular formula is C15H16ClN3O2. The minimum Gasteiger partial charge on any atom is -0.497 e. The largest absolute Gasteiger partial charge is 0.497 e. The number of carbonyl (C=O) groups is 1. The van der Waals surface area contributed by atoms with Crippen LogP contribution in [0.25, 0.3) is 0 Å². The SMILES string of the molecule is COc1cccc(CCNC(=O)Nc2cccnc2Cl)c1. The normalized spacial score (nSPS) is 10.0. The van der Waals surface area contributed by atoms with Gasteiger partial charge in [-0.2, -0.15) is 0 Å². The molecule has 1 aromatic heterocycles. The topological polar surface area (TPSA) is 63.2 Å². The van der Waals surface area contributed by atoms with Gasteiger partial charge in [0.25, 0.3) is 0 Å². The number of pyridine rings is 1. The van der Waals surface area contributed by atoms with Crippen molar-refractivity contribution >= 4 is 23.3 Å². The van der Waals surface area contributed by atoms with Crippen molar-refractivity contribution in [3.8, 4) is 5.75 Å². The monoisotopic (exact) mass is 305 g/mol. The van der Waals surface area contributed by atoms with Gasteiger partial charge in [-0.1, -0.05) is 23.7 Å². The molecule has 2 aromatic rings. The molecule has 1 aromatic carbocycles. The molecule has 0 aliphatic carbocycles. The summed E-state index contributed by atoms with van der Waals surface area (Å²) in [5.74, 6) is 0.805. The van der Waals surface area contributed by atoms with Crippen LogP contribution in [0.3, 0.4) is 0 Å². The Bertz CT molecular complexity index is 619. The van der Waals surface area contributed by atoms with E-state index in [9.17, 15) is 4.79 Å². The number of rotatable bonds is 5. The van der Waals surface area contributed by atoms with Gasteiger partial charge in [-0.05, 0) is 36.2 Å². The Kier molecular flexibility index (Phi) is 5.40. The molecule has 2 rings (SSSR count). The first kappa shape index (κ1) is 15.1. The Morgan fingerprint density at radius 3 is 2.95 bits per heavy atom. The molecule has 0 bridgehead atoms. The van der Waals surface area contributed by atoms with Crippen LogP contribution >= 0.6 is 11.6 Å². The summed E-state index contributed by atoms with van der Waals surface area (Å²) in [7, 11) is 1.63. The van der Waals surface area contributed by atoms with Gasteiger partial charge in [-0.25, -0.2) is 9.78 Å². The van der Waals surface area contributed by atoms with Crippen LogP contribution < -0.4 is 15.4 Å². The fourth-order valence-corrected chi connectivity index (χ4v) is 1.96. The molecule has 0 unspecified atom stereocenters. The highest BCUT2D eigenvalue weighted by atomic mass is 35.5. The number of hydrogen-bond acceptors (Lipinski definition) is 3. The number of aromatic nitrogens is 1. The van der Waals surface area contributed by atoms with Crippen LogP contribution in [0.15, 0.2) is 42.6 Å². The lowest BCUT2D eigenvalue weighted by Gasteiger charge is -2.09. The van der Waals surface area contributed by atoms with Crippen molar-refractivity contribution < 1.29 is 9.53 Å². The molecule has 1 heterocycles. The van der Waals surface area contributed by atoms with E-state index in [1.165, 1.54) is 0 Å². The zero-order valence-corrected chi connectivity index (χ0v) is 12.4. The lowest BCUT2D eigenvalue weighted by molar-refractivity contribution is 0.252. The first-order valence-electron chi connectivity index (χ1n) is 6.47. The number of ether oxygens (including phenoxy) is 1. The molecule has 2 amide bonds. The number of benzene rings is 1. The fraction of sp³-hybridized carbons (Fsp3) is 0.200. The molecule has 110 valence electrons. The third-order valence-electron chi connectivity index (χ3n) is 2.84. The Hall–Kier alpha value is -2.27. The van der Waals surface area contributed by atoms with E-state index in [1.807, 2.05) is 24.3 Å². The van der Waals surface area contributed by atoms with Crippen LogP contribution in [-0.2, 0) is 6.42 Å². The van der Waals surface area contributed by atoms with Crippen LogP contribution in [-0.4, -0.2) is 24.7 Å². The van der Waals surface area contributed by atoms with E-state index >= 15 is 0 Å². The summed E-state index contributed by atoms with van der Waals surface area (Å²) in [5, 5.41) is 5.68. The fourth-order valence-electron chi connectivity index (χ4n) is 1.79. The second kappa shape index (κ2) is 7.50. The summed E-state index contributed by atoms with van der Waals surface area (Å²) in [6.07, 6.45) is 2.28. The van der Waals surface area contributed by atoms with Crippen molar-refractivity contribution in [2.45, 2.75) is 6.42 Å². The average Bonchev–Trinajstić information content (AvgIpc) is 2.50. The van der Waals surface area contributed by atoms with Crippen LogP contribution in [0.1, 0.15) is 5.56 Å². The first-order valence-corrected chi connectivity index (χ1v) is 6.85. The lowest BCUT2D eigenvalue weighted by Crippen LogP contribution is -2.30. The molecule has 0 fully saturated rings. The molecule has 0 saturated heterocycles. The third kappa shape index (κ3) is 4.65. The van der Waals surface area contributed by atoms with E-state index < -0.39 is 0 Å². The number of hydrogen-bond donors (Lipinski definition) is 2. The highest BCUT2D eigenvalue weighted by Crippen LogP contribution is 2.17. The number of amides is 2. The van der Waals surface area contributed by atoms with Crippen molar-refractivity contribution in [2.75, 3.05) is 19.0 Å². The molecule has 0 aliphatic rings. The van der Waals surface area contributed by atoms with Crippen molar-refractivity contribution in [1.82, 2.24) is 10.3 Å². The molecular weight excluding hydrogens is 290 g/mol. The maximum Gasteiger partial charge on any atom is 0.319 e. The Labute approximate surface area is 128 Å². The molecule has 0 saturated carbocycles. The number of carbonyl (C=O) groups excluding carboxylic acids is 1. The smallest absolute Gasteiger partial charge is 0.319 e. The Morgan fingerprint density at radius 1 is 1.33 bits per heavy atom. The first-order chi connectivity index (χ1) is 10.2. The quantitative estimate of drug-likeness (QED) is 0.834. The number of anilines is 1. The van der Waals surface area contributed by atoms with Crippen molar-refractivity contribution in [3.63, 3.8) is 0 Å². The number of nitrogens with one attached hydrogen (secondary N) is 2. The molecule has 0 spiro atoms. The minimum atomic E-state index is -0.312. The maximum atomic E-state index is 11.7. The molecule has 5 nitrogen and oxygen atoms in total. The van der Waals surface area contributed by atoms with Gasteiger partial charge in [0.1, 0.15) is 5.75 Å². The van der Waals surface area contributed by atoms with E-state index in [1.54, 1.807) is 25.4 Å². The number of nitrogens with zero attached hydrogens (tertiary/aromatic N) is 1. The van der Waals surface area contributed by atoms with Gasteiger partial charge >= 0.3 is 6.03 Å². The van der Waals surface area contributed by atoms with Crippen LogP contribution in [0.5, 0.6) is 5.75 Å². The highest BCUT2D eigenvalue weighted by Gasteiger charge is 2.05. The van der Waals surface area contributed by atoms with Gasteiger partial charge in [-0.15, -0.1) is 0 Å². The molecule has 2 N–H and O–H groups in total. The summed E-state index contributed by atoms with van der Waals surface area (Å²) < 4.78 is 5.15. The summed E-state index contributed by atoms with van der Waals surface area (Å²) in [6.45, 7) is 0.511. The minimum absolute atomic E-state index is 0.264. The summed E-state index contributed by atoms with van der Waals surface area (Å²) in [5.41, 5.74) is 1.58. The number of urea groups is 1.